The van der Waals surface area contributed by atoms with Gasteiger partial charge in [0.1, 0.15) is 6.10 Å². The van der Waals surface area contributed by atoms with E-state index in [4.69, 9.17) is 10.2 Å². The van der Waals surface area contributed by atoms with Crippen molar-refractivity contribution in [1.82, 2.24) is 0 Å². The minimum Gasteiger partial charge on any atom is -0.394 e. The zero-order valence-corrected chi connectivity index (χ0v) is 16.0. The number of rotatable bonds is 13. The lowest BCUT2D eigenvalue weighted by Gasteiger charge is -2.14. The molecule has 2 rings (SSSR count). The second kappa shape index (κ2) is 14.3. The molecule has 1 aliphatic rings. The Morgan fingerprint density at radius 3 is 1.68 bits per heavy atom. The molecule has 0 saturated heterocycles. The molecule has 0 amide bonds. The summed E-state index contributed by atoms with van der Waals surface area (Å²) >= 11 is 0. The number of hydrogen-bond acceptors (Lipinski definition) is 3. The third-order valence-corrected chi connectivity index (χ3v) is 4.86. The first-order valence-corrected chi connectivity index (χ1v) is 10.2. The number of aliphatic hydroxyl groups is 3. The molecular formula is C22H38O3. The molecule has 0 aliphatic heterocycles. The molecule has 144 valence electrons. The first-order valence-electron chi connectivity index (χ1n) is 10.2. The van der Waals surface area contributed by atoms with Gasteiger partial charge in [0, 0.05) is 0 Å². The zero-order chi connectivity index (χ0) is 18.3. The van der Waals surface area contributed by atoms with Crippen LogP contribution in [0.3, 0.4) is 0 Å². The Morgan fingerprint density at radius 1 is 0.760 bits per heavy atom. The monoisotopic (exact) mass is 350 g/mol. The third-order valence-electron chi connectivity index (χ3n) is 4.86. The van der Waals surface area contributed by atoms with Gasteiger partial charge in [-0.15, -0.1) is 0 Å². The fourth-order valence-corrected chi connectivity index (χ4v) is 2.99. The van der Waals surface area contributed by atoms with Gasteiger partial charge in [0.2, 0.25) is 0 Å². The standard InChI is InChI=1S/C15H32O3.C7H6/c1-2-3-4-5-6-7-8-9-10-11-12-14(17)15(18)13-16;1-2-4-7-5-6(7)3-1/h14-18H,2-13H2,1H3;1-4H,5H2. The zero-order valence-electron chi connectivity index (χ0n) is 16.0. The maximum Gasteiger partial charge on any atom is 0.103 e. The van der Waals surface area contributed by atoms with E-state index in [-0.39, 0.29) is 6.61 Å². The predicted molar refractivity (Wildman–Crippen MR) is 105 cm³/mol. The summed E-state index contributed by atoms with van der Waals surface area (Å²) in [5.74, 6) is 0. The highest BCUT2D eigenvalue weighted by molar-refractivity contribution is 5.44. The van der Waals surface area contributed by atoms with Crippen LogP contribution in [0.5, 0.6) is 0 Å². The van der Waals surface area contributed by atoms with E-state index in [1.165, 1.54) is 68.9 Å². The first-order chi connectivity index (χ1) is 12.2. The quantitative estimate of drug-likeness (QED) is 0.463. The summed E-state index contributed by atoms with van der Waals surface area (Å²) in [5.41, 5.74) is 3.06. The van der Waals surface area contributed by atoms with E-state index >= 15 is 0 Å². The van der Waals surface area contributed by atoms with Gasteiger partial charge in [-0.25, -0.2) is 0 Å². The van der Waals surface area contributed by atoms with Crippen LogP contribution in [-0.4, -0.2) is 34.1 Å². The Morgan fingerprint density at radius 2 is 1.24 bits per heavy atom. The molecule has 1 aromatic carbocycles. The van der Waals surface area contributed by atoms with Gasteiger partial charge in [0.15, 0.2) is 0 Å². The molecule has 2 atom stereocenters. The van der Waals surface area contributed by atoms with Crippen molar-refractivity contribution in [3.63, 3.8) is 0 Å². The van der Waals surface area contributed by atoms with Crippen LogP contribution in [0.1, 0.15) is 88.7 Å². The molecule has 3 N–H and O–H groups in total. The van der Waals surface area contributed by atoms with Gasteiger partial charge in [-0.2, -0.15) is 0 Å². The van der Waals surface area contributed by atoms with Crippen LogP contribution in [0.25, 0.3) is 0 Å². The fraction of sp³-hybridized carbons (Fsp3) is 0.727. The van der Waals surface area contributed by atoms with E-state index in [1.54, 1.807) is 0 Å². The van der Waals surface area contributed by atoms with E-state index in [0.29, 0.717) is 6.42 Å². The van der Waals surface area contributed by atoms with Gasteiger partial charge in [0.25, 0.3) is 0 Å². The highest BCUT2D eigenvalue weighted by Crippen LogP contribution is 2.25. The van der Waals surface area contributed by atoms with Crippen molar-refractivity contribution in [3.8, 4) is 0 Å². The van der Waals surface area contributed by atoms with Crippen molar-refractivity contribution in [3.05, 3.63) is 35.4 Å². The van der Waals surface area contributed by atoms with Gasteiger partial charge in [-0.05, 0) is 24.0 Å². The van der Waals surface area contributed by atoms with Crippen molar-refractivity contribution in [2.75, 3.05) is 6.61 Å². The molecule has 0 heterocycles. The third kappa shape index (κ3) is 11.4. The summed E-state index contributed by atoms with van der Waals surface area (Å²) < 4.78 is 0. The topological polar surface area (TPSA) is 60.7 Å². The van der Waals surface area contributed by atoms with Crippen LogP contribution in [0.4, 0.5) is 0 Å². The first kappa shape index (κ1) is 22.1. The van der Waals surface area contributed by atoms with Crippen LogP contribution < -0.4 is 0 Å². The summed E-state index contributed by atoms with van der Waals surface area (Å²) in [6.45, 7) is 1.89. The molecule has 0 fully saturated rings. The molecule has 3 nitrogen and oxygen atoms in total. The summed E-state index contributed by atoms with van der Waals surface area (Å²) in [6, 6.07) is 8.53. The van der Waals surface area contributed by atoms with Gasteiger partial charge >= 0.3 is 0 Å². The molecule has 0 spiro atoms. The minimum absolute atomic E-state index is 0.348. The lowest BCUT2D eigenvalue weighted by Crippen LogP contribution is -2.28. The molecule has 1 aliphatic carbocycles. The van der Waals surface area contributed by atoms with E-state index in [2.05, 4.69) is 31.2 Å². The molecule has 3 heteroatoms. The lowest BCUT2D eigenvalue weighted by atomic mass is 10.0. The molecule has 0 radical (unpaired) electrons. The Bertz CT molecular complexity index is 412. The van der Waals surface area contributed by atoms with Gasteiger partial charge in [-0.3, -0.25) is 0 Å². The number of benzene rings is 1. The van der Waals surface area contributed by atoms with Crippen molar-refractivity contribution in [1.29, 1.82) is 0 Å². The number of aliphatic hydroxyl groups excluding tert-OH is 3. The SMILES string of the molecule is CCCCCCCCCCCCC(O)C(O)CO.c1ccc2c(c1)C2. The summed E-state index contributed by atoms with van der Waals surface area (Å²) in [7, 11) is 0. The smallest absolute Gasteiger partial charge is 0.103 e. The predicted octanol–water partition coefficient (Wildman–Crippen LogP) is 4.60. The van der Waals surface area contributed by atoms with Crippen LogP contribution in [0, 0.1) is 0 Å². The molecule has 2 unspecified atom stereocenters. The number of hydrogen-bond donors (Lipinski definition) is 3. The van der Waals surface area contributed by atoms with Crippen LogP contribution >= 0.6 is 0 Å². The van der Waals surface area contributed by atoms with E-state index in [1.807, 2.05) is 0 Å². The minimum atomic E-state index is -0.969. The van der Waals surface area contributed by atoms with E-state index in [9.17, 15) is 5.11 Å². The molecule has 25 heavy (non-hydrogen) atoms. The molecule has 0 saturated carbocycles. The van der Waals surface area contributed by atoms with E-state index in [0.717, 1.165) is 12.8 Å². The van der Waals surface area contributed by atoms with Crippen LogP contribution in [0.15, 0.2) is 24.3 Å². The second-order valence-corrected chi connectivity index (χ2v) is 7.23. The Hall–Kier alpha value is -0.900. The second-order valence-electron chi connectivity index (χ2n) is 7.23. The molecule has 1 aromatic rings. The maximum absolute atomic E-state index is 9.43. The normalized spacial score (nSPS) is 14.2. The Balaban J connectivity index is 0.000000359. The van der Waals surface area contributed by atoms with Crippen molar-refractivity contribution in [2.24, 2.45) is 0 Å². The van der Waals surface area contributed by atoms with Crippen molar-refractivity contribution >= 4 is 0 Å². The average molecular weight is 351 g/mol. The summed E-state index contributed by atoms with van der Waals surface area (Å²) in [6.07, 6.45) is 12.8. The summed E-state index contributed by atoms with van der Waals surface area (Å²) in [5, 5.41) is 27.3. The Kier molecular flexibility index (Phi) is 12.7. The summed E-state index contributed by atoms with van der Waals surface area (Å²) in [4.78, 5) is 0. The van der Waals surface area contributed by atoms with Crippen molar-refractivity contribution in [2.45, 2.75) is 96.2 Å². The van der Waals surface area contributed by atoms with Crippen molar-refractivity contribution < 1.29 is 15.3 Å². The lowest BCUT2D eigenvalue weighted by molar-refractivity contribution is -0.0185. The van der Waals surface area contributed by atoms with Crippen LogP contribution in [-0.2, 0) is 6.42 Å². The highest BCUT2D eigenvalue weighted by Gasteiger charge is 2.14. The molecule has 0 bridgehead atoms. The number of unbranched alkanes of at least 4 members (excludes halogenated alkanes) is 9. The average Bonchev–Trinajstić information content (AvgIpc) is 3.42. The maximum atomic E-state index is 9.43. The highest BCUT2D eigenvalue weighted by atomic mass is 16.4. The Labute approximate surface area is 154 Å². The van der Waals surface area contributed by atoms with E-state index < -0.39 is 12.2 Å². The molecular weight excluding hydrogens is 312 g/mol. The van der Waals surface area contributed by atoms with Crippen LogP contribution in [0.2, 0.25) is 0 Å². The molecule has 0 aromatic heterocycles. The fourth-order valence-electron chi connectivity index (χ4n) is 2.99. The number of fused-ring (bicyclic) bond motifs is 1. The van der Waals surface area contributed by atoms with Gasteiger partial charge < -0.3 is 15.3 Å². The van der Waals surface area contributed by atoms with Gasteiger partial charge in [0.05, 0.1) is 12.7 Å². The largest absolute Gasteiger partial charge is 0.394 e. The van der Waals surface area contributed by atoms with Gasteiger partial charge in [-0.1, -0.05) is 95.4 Å².